The second-order valence-electron chi connectivity index (χ2n) is 5.33. The van der Waals surface area contributed by atoms with E-state index in [-0.39, 0.29) is 5.91 Å². The molecule has 2 aromatic heterocycles. The quantitative estimate of drug-likeness (QED) is 0.680. The Kier molecular flexibility index (Phi) is 4.89. The van der Waals surface area contributed by atoms with Gasteiger partial charge in [0.2, 0.25) is 23.5 Å². The van der Waals surface area contributed by atoms with Gasteiger partial charge in [-0.3, -0.25) is 9.59 Å². The minimum Gasteiger partial charge on any atom is -0.461 e. The van der Waals surface area contributed by atoms with Crippen LogP contribution < -0.4 is 11.1 Å². The maximum Gasteiger partial charge on any atom is 0.248 e. The van der Waals surface area contributed by atoms with Crippen molar-refractivity contribution < 1.29 is 18.5 Å². The number of anilines is 1. The van der Waals surface area contributed by atoms with Crippen LogP contribution in [-0.4, -0.2) is 22.0 Å². The van der Waals surface area contributed by atoms with Crippen LogP contribution in [0.1, 0.15) is 29.1 Å². The van der Waals surface area contributed by atoms with Crippen LogP contribution in [0, 0.1) is 0 Å². The second-order valence-corrected chi connectivity index (χ2v) is 5.33. The van der Waals surface area contributed by atoms with E-state index in [0.29, 0.717) is 48.0 Å². The molecule has 0 unspecified atom stereocenters. The number of furan rings is 1. The van der Waals surface area contributed by atoms with Crippen LogP contribution >= 0.6 is 0 Å². The summed E-state index contributed by atoms with van der Waals surface area (Å²) in [7, 11) is 0. The first kappa shape index (κ1) is 16.4. The van der Waals surface area contributed by atoms with Crippen molar-refractivity contribution in [1.29, 1.82) is 0 Å². The monoisotopic (exact) mass is 340 g/mol. The molecule has 0 saturated carbocycles. The molecule has 8 heteroatoms. The first-order valence-electron chi connectivity index (χ1n) is 7.68. The molecule has 1 aromatic carbocycles. The highest BCUT2D eigenvalue weighted by atomic mass is 16.5. The molecule has 2 heterocycles. The molecular weight excluding hydrogens is 324 g/mol. The van der Waals surface area contributed by atoms with E-state index < -0.39 is 5.91 Å². The maximum atomic E-state index is 11.9. The molecule has 0 fully saturated rings. The Morgan fingerprint density at radius 1 is 1.16 bits per heavy atom. The summed E-state index contributed by atoms with van der Waals surface area (Å²) in [6, 6.07) is 9.87. The fraction of sp³-hybridized carbons (Fsp3) is 0.176. The number of rotatable bonds is 7. The van der Waals surface area contributed by atoms with E-state index in [1.165, 1.54) is 6.26 Å². The SMILES string of the molecule is NC(=O)c1ccc(NC(=O)CCCc2nc(-c3ccco3)no2)cc1. The number of hydrogen-bond acceptors (Lipinski definition) is 6. The van der Waals surface area contributed by atoms with Gasteiger partial charge in [0.15, 0.2) is 5.76 Å². The zero-order valence-electron chi connectivity index (χ0n) is 13.3. The van der Waals surface area contributed by atoms with E-state index in [1.807, 2.05) is 0 Å². The molecule has 0 saturated heterocycles. The number of nitrogens with one attached hydrogen (secondary N) is 1. The Bertz CT molecular complexity index is 853. The number of aromatic nitrogens is 2. The zero-order valence-corrected chi connectivity index (χ0v) is 13.3. The first-order chi connectivity index (χ1) is 12.1. The van der Waals surface area contributed by atoms with Crippen molar-refractivity contribution >= 4 is 17.5 Å². The molecule has 3 N–H and O–H groups in total. The van der Waals surface area contributed by atoms with Crippen LogP contribution in [-0.2, 0) is 11.2 Å². The van der Waals surface area contributed by atoms with Gasteiger partial charge in [-0.25, -0.2) is 0 Å². The van der Waals surface area contributed by atoms with Crippen molar-refractivity contribution in [2.24, 2.45) is 5.73 Å². The molecule has 0 spiro atoms. The summed E-state index contributed by atoms with van der Waals surface area (Å²) in [5.41, 5.74) is 6.16. The van der Waals surface area contributed by atoms with Crippen LogP contribution in [0.2, 0.25) is 0 Å². The Morgan fingerprint density at radius 2 is 1.96 bits per heavy atom. The second kappa shape index (κ2) is 7.43. The van der Waals surface area contributed by atoms with Crippen LogP contribution in [0.3, 0.4) is 0 Å². The van der Waals surface area contributed by atoms with E-state index in [0.717, 1.165) is 0 Å². The van der Waals surface area contributed by atoms with Gasteiger partial charge in [0.25, 0.3) is 0 Å². The predicted octanol–water partition coefficient (Wildman–Crippen LogP) is 2.39. The van der Waals surface area contributed by atoms with Gasteiger partial charge in [0.1, 0.15) is 0 Å². The van der Waals surface area contributed by atoms with E-state index in [1.54, 1.807) is 36.4 Å². The molecule has 8 nitrogen and oxygen atoms in total. The van der Waals surface area contributed by atoms with Gasteiger partial charge in [0, 0.05) is 24.1 Å². The number of aryl methyl sites for hydroxylation is 1. The van der Waals surface area contributed by atoms with Gasteiger partial charge < -0.3 is 20.0 Å². The first-order valence-corrected chi connectivity index (χ1v) is 7.68. The van der Waals surface area contributed by atoms with E-state index in [9.17, 15) is 9.59 Å². The van der Waals surface area contributed by atoms with Crippen molar-refractivity contribution in [2.45, 2.75) is 19.3 Å². The molecule has 0 aliphatic heterocycles. The number of carbonyl (C=O) groups is 2. The third-order valence-electron chi connectivity index (χ3n) is 3.46. The lowest BCUT2D eigenvalue weighted by Gasteiger charge is -2.05. The highest BCUT2D eigenvalue weighted by Gasteiger charge is 2.11. The third-order valence-corrected chi connectivity index (χ3v) is 3.46. The van der Waals surface area contributed by atoms with Crippen molar-refractivity contribution in [3.05, 3.63) is 54.1 Å². The number of hydrogen-bond donors (Lipinski definition) is 2. The Labute approximate surface area is 143 Å². The van der Waals surface area contributed by atoms with Gasteiger partial charge in [0.05, 0.1) is 6.26 Å². The molecule has 2 amide bonds. The van der Waals surface area contributed by atoms with Crippen molar-refractivity contribution in [1.82, 2.24) is 10.1 Å². The minimum atomic E-state index is -0.508. The molecule has 0 aliphatic rings. The van der Waals surface area contributed by atoms with Crippen LogP contribution in [0.4, 0.5) is 5.69 Å². The van der Waals surface area contributed by atoms with Gasteiger partial charge in [-0.1, -0.05) is 5.16 Å². The summed E-state index contributed by atoms with van der Waals surface area (Å²) < 4.78 is 10.3. The van der Waals surface area contributed by atoms with Crippen LogP contribution in [0.5, 0.6) is 0 Å². The topological polar surface area (TPSA) is 124 Å². The summed E-state index contributed by atoms with van der Waals surface area (Å²) in [5.74, 6) is 0.722. The number of carbonyl (C=O) groups excluding carboxylic acids is 2. The fourth-order valence-corrected chi connectivity index (χ4v) is 2.20. The third kappa shape index (κ3) is 4.31. The minimum absolute atomic E-state index is 0.141. The number of benzene rings is 1. The summed E-state index contributed by atoms with van der Waals surface area (Å²) in [4.78, 5) is 27.1. The summed E-state index contributed by atoms with van der Waals surface area (Å²) in [6.45, 7) is 0. The molecule has 3 rings (SSSR count). The van der Waals surface area contributed by atoms with Crippen LogP contribution in [0.25, 0.3) is 11.6 Å². The smallest absolute Gasteiger partial charge is 0.248 e. The zero-order chi connectivity index (χ0) is 17.6. The largest absolute Gasteiger partial charge is 0.461 e. The molecule has 0 bridgehead atoms. The Morgan fingerprint density at radius 3 is 2.64 bits per heavy atom. The van der Waals surface area contributed by atoms with E-state index in [4.69, 9.17) is 14.7 Å². The Hall–Kier alpha value is -3.42. The van der Waals surface area contributed by atoms with E-state index in [2.05, 4.69) is 15.5 Å². The summed E-state index contributed by atoms with van der Waals surface area (Å²) >= 11 is 0. The molecule has 0 atom stereocenters. The summed E-state index contributed by atoms with van der Waals surface area (Å²) in [6.07, 6.45) is 2.88. The average Bonchev–Trinajstić information content (AvgIpc) is 3.26. The number of amides is 2. The Balaban J connectivity index is 1.45. The highest BCUT2D eigenvalue weighted by molar-refractivity contribution is 5.94. The lowest BCUT2D eigenvalue weighted by molar-refractivity contribution is -0.116. The fourth-order valence-electron chi connectivity index (χ4n) is 2.20. The lowest BCUT2D eigenvalue weighted by atomic mass is 10.2. The molecule has 128 valence electrons. The van der Waals surface area contributed by atoms with Crippen molar-refractivity contribution in [2.75, 3.05) is 5.32 Å². The molecule has 0 radical (unpaired) electrons. The summed E-state index contributed by atoms with van der Waals surface area (Å²) in [5, 5.41) is 6.58. The molecule has 25 heavy (non-hydrogen) atoms. The van der Waals surface area contributed by atoms with E-state index >= 15 is 0 Å². The van der Waals surface area contributed by atoms with Gasteiger partial charge in [-0.2, -0.15) is 4.98 Å². The van der Waals surface area contributed by atoms with Gasteiger partial charge in [-0.05, 0) is 42.8 Å². The normalized spacial score (nSPS) is 10.6. The molecule has 3 aromatic rings. The lowest BCUT2D eigenvalue weighted by Crippen LogP contribution is -2.13. The maximum absolute atomic E-state index is 11.9. The average molecular weight is 340 g/mol. The van der Waals surface area contributed by atoms with Gasteiger partial charge in [-0.15, -0.1) is 0 Å². The van der Waals surface area contributed by atoms with Crippen molar-refractivity contribution in [3.63, 3.8) is 0 Å². The number of primary amides is 1. The number of nitrogens with two attached hydrogens (primary N) is 1. The number of nitrogens with zero attached hydrogens (tertiary/aromatic N) is 2. The van der Waals surface area contributed by atoms with Crippen LogP contribution in [0.15, 0.2) is 51.6 Å². The molecular formula is C17H16N4O4. The van der Waals surface area contributed by atoms with Crippen molar-refractivity contribution in [3.8, 4) is 11.6 Å². The van der Waals surface area contributed by atoms with Gasteiger partial charge >= 0.3 is 0 Å². The predicted molar refractivity (Wildman–Crippen MR) is 88.5 cm³/mol. The molecule has 0 aliphatic carbocycles. The standard InChI is InChI=1S/C17H16N4O4/c18-16(23)11-6-8-12(9-7-11)19-14(22)4-1-5-15-20-17(21-25-15)13-3-2-10-24-13/h2-3,6-10H,1,4-5H2,(H2,18,23)(H,19,22). The highest BCUT2D eigenvalue weighted by Crippen LogP contribution is 2.16.